The molecule has 28 heavy (non-hydrogen) atoms. The summed E-state index contributed by atoms with van der Waals surface area (Å²) in [4.78, 5) is 11.3. The topological polar surface area (TPSA) is 92.5 Å². The van der Waals surface area contributed by atoms with Gasteiger partial charge in [0.2, 0.25) is 10.0 Å². The average molecular weight is 406 g/mol. The quantitative estimate of drug-likeness (QED) is 0.597. The Kier molecular flexibility index (Phi) is 4.39. The van der Waals surface area contributed by atoms with Gasteiger partial charge in [0.25, 0.3) is 5.69 Å². The molecule has 5 atom stereocenters. The molecule has 1 aliphatic heterocycles. The van der Waals surface area contributed by atoms with Crippen molar-refractivity contribution in [1.29, 1.82) is 0 Å². The second-order valence-corrected chi connectivity index (χ2v) is 10.9. The molecule has 0 spiro atoms. The zero-order valence-electron chi connectivity index (χ0n) is 15.9. The van der Waals surface area contributed by atoms with Crippen LogP contribution in [0.3, 0.4) is 0 Å². The summed E-state index contributed by atoms with van der Waals surface area (Å²) in [6.07, 6.45) is 7.96. The van der Waals surface area contributed by atoms with E-state index in [1.165, 1.54) is 42.1 Å². The number of sulfonamides is 1. The summed E-state index contributed by atoms with van der Waals surface area (Å²) in [6.45, 7) is 0.980. The molecule has 1 saturated heterocycles. The van der Waals surface area contributed by atoms with Gasteiger partial charge in [-0.15, -0.1) is 0 Å². The highest BCUT2D eigenvalue weighted by molar-refractivity contribution is 7.89. The monoisotopic (exact) mass is 405 g/mol. The van der Waals surface area contributed by atoms with Crippen LogP contribution >= 0.6 is 0 Å². The first-order valence-corrected chi connectivity index (χ1v) is 11.9. The maximum absolute atomic E-state index is 12.8. The fourth-order valence-corrected chi connectivity index (χ4v) is 7.99. The third kappa shape index (κ3) is 2.84. The molecule has 8 heteroatoms. The minimum absolute atomic E-state index is 0.0236. The minimum Gasteiger partial charge on any atom is -0.376 e. The Balaban J connectivity index is 1.40. The molecule has 152 valence electrons. The number of nitrogens with zero attached hydrogens (tertiary/aromatic N) is 2. The number of fused-ring (bicyclic) bond motifs is 5. The number of benzene rings is 1. The van der Waals surface area contributed by atoms with Gasteiger partial charge in [0.05, 0.1) is 9.82 Å². The zero-order valence-corrected chi connectivity index (χ0v) is 16.7. The number of rotatable bonds is 5. The van der Waals surface area contributed by atoms with Gasteiger partial charge < -0.3 is 5.32 Å². The van der Waals surface area contributed by atoms with Crippen molar-refractivity contribution < 1.29 is 13.3 Å². The molecule has 1 aromatic rings. The molecule has 7 nitrogen and oxygen atoms in total. The first-order valence-electron chi connectivity index (χ1n) is 10.5. The highest BCUT2D eigenvalue weighted by atomic mass is 32.2. The van der Waals surface area contributed by atoms with Gasteiger partial charge >= 0.3 is 0 Å². The Morgan fingerprint density at radius 3 is 2.54 bits per heavy atom. The third-order valence-electron chi connectivity index (χ3n) is 7.64. The highest BCUT2D eigenvalue weighted by Gasteiger charge is 2.53. The molecule has 5 rings (SSSR count). The highest BCUT2D eigenvalue weighted by Crippen LogP contribution is 2.59. The van der Waals surface area contributed by atoms with E-state index >= 15 is 0 Å². The molecule has 0 radical (unpaired) electrons. The van der Waals surface area contributed by atoms with Gasteiger partial charge in [0.15, 0.2) is 0 Å². The van der Waals surface area contributed by atoms with E-state index in [0.717, 1.165) is 37.0 Å². The van der Waals surface area contributed by atoms with Crippen LogP contribution in [-0.2, 0) is 10.0 Å². The van der Waals surface area contributed by atoms with Crippen molar-refractivity contribution >= 4 is 21.4 Å². The predicted molar refractivity (Wildman–Crippen MR) is 106 cm³/mol. The fraction of sp³-hybridized carbons (Fsp3) is 0.700. The van der Waals surface area contributed by atoms with Crippen molar-refractivity contribution in [3.05, 3.63) is 28.3 Å². The van der Waals surface area contributed by atoms with Gasteiger partial charge in [-0.05, 0) is 74.3 Å². The van der Waals surface area contributed by atoms with E-state index in [2.05, 4.69) is 5.32 Å². The lowest BCUT2D eigenvalue weighted by Gasteiger charge is -2.32. The first kappa shape index (κ1) is 18.4. The largest absolute Gasteiger partial charge is 0.376 e. The first-order chi connectivity index (χ1) is 13.4. The molecule has 3 saturated carbocycles. The van der Waals surface area contributed by atoms with Crippen LogP contribution in [0.2, 0.25) is 0 Å². The lowest BCUT2D eigenvalue weighted by atomic mass is 9.79. The van der Waals surface area contributed by atoms with Crippen molar-refractivity contribution in [2.24, 2.45) is 23.7 Å². The van der Waals surface area contributed by atoms with E-state index in [0.29, 0.717) is 24.7 Å². The number of nitrogens with one attached hydrogen (secondary N) is 1. The average Bonchev–Trinajstić information content (AvgIpc) is 3.42. The van der Waals surface area contributed by atoms with Gasteiger partial charge in [-0.25, -0.2) is 8.42 Å². The summed E-state index contributed by atoms with van der Waals surface area (Å²) in [5.74, 6) is 2.99. The van der Waals surface area contributed by atoms with Crippen LogP contribution < -0.4 is 5.32 Å². The maximum atomic E-state index is 12.8. The molecular formula is C20H27N3O4S. The lowest BCUT2D eigenvalue weighted by Crippen LogP contribution is -2.34. The number of hydrogen-bond donors (Lipinski definition) is 1. The van der Waals surface area contributed by atoms with Gasteiger partial charge in [0.1, 0.15) is 5.69 Å². The molecule has 1 N–H and O–H groups in total. The molecule has 2 bridgehead atoms. The molecule has 1 aromatic carbocycles. The van der Waals surface area contributed by atoms with Crippen LogP contribution in [0.4, 0.5) is 11.4 Å². The van der Waals surface area contributed by atoms with Crippen LogP contribution in [-0.4, -0.2) is 36.8 Å². The van der Waals surface area contributed by atoms with Crippen molar-refractivity contribution in [3.8, 4) is 0 Å². The Morgan fingerprint density at radius 1 is 1.04 bits per heavy atom. The Labute approximate surface area is 165 Å². The smallest absolute Gasteiger partial charge is 0.293 e. The molecule has 3 aliphatic carbocycles. The van der Waals surface area contributed by atoms with Crippen LogP contribution in [0.25, 0.3) is 0 Å². The second-order valence-electron chi connectivity index (χ2n) is 8.95. The third-order valence-corrected chi connectivity index (χ3v) is 9.53. The van der Waals surface area contributed by atoms with Crippen molar-refractivity contribution in [3.63, 3.8) is 0 Å². The minimum atomic E-state index is -3.66. The van der Waals surface area contributed by atoms with Crippen LogP contribution in [0.15, 0.2) is 23.1 Å². The summed E-state index contributed by atoms with van der Waals surface area (Å²) >= 11 is 0. The molecule has 0 unspecified atom stereocenters. The maximum Gasteiger partial charge on any atom is 0.293 e. The predicted octanol–water partition coefficient (Wildman–Crippen LogP) is 3.62. The summed E-state index contributed by atoms with van der Waals surface area (Å²) in [5.41, 5.74) is 0.323. The standard InChI is InChI=1S/C20H27N3O4S/c24-23(25)20-12-14(28(26,27)22-8-1-2-9-22)6-7-18(20)21-19-11-13-10-17(19)16-5-3-4-15(13)16/h6-7,12-13,15-17,19,21H,1-5,8-11H2/t13-,15+,16-,17+,19-/m1/s1. The van der Waals surface area contributed by atoms with Crippen LogP contribution in [0.5, 0.6) is 0 Å². The number of nitro benzene ring substituents is 1. The molecular weight excluding hydrogens is 378 g/mol. The molecule has 0 aromatic heterocycles. The van der Waals surface area contributed by atoms with E-state index in [4.69, 9.17) is 0 Å². The Hall–Kier alpha value is -1.67. The SMILES string of the molecule is O=[N+]([O-])c1cc(S(=O)(=O)N2CCCC2)ccc1N[C@@H]1C[C@H]2C[C@H]1[C@@H]1CCC[C@@H]21. The van der Waals surface area contributed by atoms with Crippen LogP contribution in [0, 0.1) is 33.8 Å². The van der Waals surface area contributed by atoms with E-state index in [9.17, 15) is 18.5 Å². The number of anilines is 1. The van der Waals surface area contributed by atoms with E-state index in [1.807, 2.05) is 0 Å². The second kappa shape index (κ2) is 6.69. The number of hydrogen-bond acceptors (Lipinski definition) is 5. The number of nitro groups is 1. The summed E-state index contributed by atoms with van der Waals surface area (Å²) < 4.78 is 27.0. The van der Waals surface area contributed by atoms with Gasteiger partial charge in [-0.2, -0.15) is 4.31 Å². The van der Waals surface area contributed by atoms with E-state index in [-0.39, 0.29) is 16.6 Å². The van der Waals surface area contributed by atoms with Crippen molar-refractivity contribution in [2.45, 2.75) is 55.9 Å². The molecule has 4 fully saturated rings. The van der Waals surface area contributed by atoms with E-state index < -0.39 is 14.9 Å². The zero-order chi connectivity index (χ0) is 19.5. The van der Waals surface area contributed by atoms with Gasteiger partial charge in [-0.3, -0.25) is 10.1 Å². The normalized spacial score (nSPS) is 34.6. The van der Waals surface area contributed by atoms with E-state index in [1.54, 1.807) is 6.07 Å². The Bertz CT molecular complexity index is 897. The summed E-state index contributed by atoms with van der Waals surface area (Å²) in [6, 6.07) is 4.62. The fourth-order valence-electron chi connectivity index (χ4n) is 6.46. The molecule has 0 amide bonds. The summed E-state index contributed by atoms with van der Waals surface area (Å²) in [7, 11) is -3.66. The molecule has 4 aliphatic rings. The lowest BCUT2D eigenvalue weighted by molar-refractivity contribution is -0.384. The van der Waals surface area contributed by atoms with Crippen LogP contribution in [0.1, 0.15) is 44.9 Å². The molecule has 1 heterocycles. The van der Waals surface area contributed by atoms with Crippen molar-refractivity contribution in [1.82, 2.24) is 4.31 Å². The summed E-state index contributed by atoms with van der Waals surface area (Å²) in [5, 5.41) is 15.1. The van der Waals surface area contributed by atoms with Crippen molar-refractivity contribution in [2.75, 3.05) is 18.4 Å². The Morgan fingerprint density at radius 2 is 1.79 bits per heavy atom. The van der Waals surface area contributed by atoms with Gasteiger partial charge in [0, 0.05) is 25.2 Å². The van der Waals surface area contributed by atoms with Gasteiger partial charge in [-0.1, -0.05) is 6.42 Å².